The van der Waals surface area contributed by atoms with E-state index in [4.69, 9.17) is 16.3 Å². The van der Waals surface area contributed by atoms with E-state index in [9.17, 15) is 9.59 Å². The van der Waals surface area contributed by atoms with Crippen LogP contribution in [0.3, 0.4) is 0 Å². The smallest absolute Gasteiger partial charge is 0.310 e. The Labute approximate surface area is 128 Å². The molecule has 0 aromatic heterocycles. The second kappa shape index (κ2) is 4.47. The molecular formula is C16H16ClNO3. The minimum atomic E-state index is -0.248. The summed E-state index contributed by atoms with van der Waals surface area (Å²) in [6.45, 7) is 0. The summed E-state index contributed by atoms with van der Waals surface area (Å²) < 4.78 is 5.39. The number of para-hydroxylation sites is 1. The normalized spacial score (nSPS) is 35.9. The summed E-state index contributed by atoms with van der Waals surface area (Å²) in [5.41, 5.74) is 0.690. The number of esters is 1. The van der Waals surface area contributed by atoms with Crippen LogP contribution in [0, 0.1) is 23.7 Å². The van der Waals surface area contributed by atoms with Crippen LogP contribution in [0.2, 0.25) is 5.02 Å². The van der Waals surface area contributed by atoms with Crippen LogP contribution >= 0.6 is 11.6 Å². The summed E-state index contributed by atoms with van der Waals surface area (Å²) >= 11 is 6.17. The van der Waals surface area contributed by atoms with E-state index >= 15 is 0 Å². The van der Waals surface area contributed by atoms with Gasteiger partial charge in [0.2, 0.25) is 5.91 Å². The largest absolute Gasteiger partial charge is 0.462 e. The lowest BCUT2D eigenvalue weighted by molar-refractivity contribution is -0.145. The van der Waals surface area contributed by atoms with Crippen LogP contribution in [-0.4, -0.2) is 25.0 Å². The van der Waals surface area contributed by atoms with Gasteiger partial charge in [0.1, 0.15) is 6.10 Å². The first-order chi connectivity index (χ1) is 10.1. The van der Waals surface area contributed by atoms with Gasteiger partial charge in [-0.3, -0.25) is 9.59 Å². The van der Waals surface area contributed by atoms with E-state index in [1.54, 1.807) is 18.0 Å². The monoisotopic (exact) mass is 305 g/mol. The Morgan fingerprint density at radius 1 is 1.33 bits per heavy atom. The molecule has 0 radical (unpaired) electrons. The highest BCUT2D eigenvalue weighted by Gasteiger charge is 2.64. The maximum atomic E-state index is 12.9. The number of carbonyl (C=O) groups is 2. The van der Waals surface area contributed by atoms with Gasteiger partial charge in [-0.2, -0.15) is 0 Å². The van der Waals surface area contributed by atoms with Crippen molar-refractivity contribution < 1.29 is 14.3 Å². The van der Waals surface area contributed by atoms with Crippen LogP contribution in [0.25, 0.3) is 0 Å². The second-order valence-electron chi connectivity index (χ2n) is 6.27. The Bertz CT molecular complexity index is 630. The summed E-state index contributed by atoms with van der Waals surface area (Å²) in [7, 11) is 1.73. The van der Waals surface area contributed by atoms with Gasteiger partial charge in [-0.25, -0.2) is 0 Å². The van der Waals surface area contributed by atoms with Gasteiger partial charge in [-0.05, 0) is 30.9 Å². The van der Waals surface area contributed by atoms with Gasteiger partial charge < -0.3 is 9.64 Å². The molecule has 4 rings (SSSR count). The van der Waals surface area contributed by atoms with Crippen molar-refractivity contribution in [3.8, 4) is 0 Å². The van der Waals surface area contributed by atoms with Crippen LogP contribution in [0.4, 0.5) is 5.69 Å². The third kappa shape index (κ3) is 1.75. The lowest BCUT2D eigenvalue weighted by Crippen LogP contribution is -2.41. The molecule has 1 amide bonds. The molecule has 1 aromatic carbocycles. The molecule has 2 aliphatic carbocycles. The van der Waals surface area contributed by atoms with E-state index in [1.165, 1.54) is 0 Å². The van der Waals surface area contributed by atoms with Crippen molar-refractivity contribution in [2.24, 2.45) is 23.7 Å². The van der Waals surface area contributed by atoms with Gasteiger partial charge in [0.25, 0.3) is 0 Å². The van der Waals surface area contributed by atoms with Crippen molar-refractivity contribution in [1.82, 2.24) is 0 Å². The number of halogens is 1. The van der Waals surface area contributed by atoms with Gasteiger partial charge in [-0.1, -0.05) is 23.7 Å². The van der Waals surface area contributed by atoms with E-state index in [2.05, 4.69) is 0 Å². The molecule has 2 bridgehead atoms. The summed E-state index contributed by atoms with van der Waals surface area (Å²) in [6.07, 6.45) is 1.83. The molecule has 21 heavy (non-hydrogen) atoms. The number of amides is 1. The molecule has 1 saturated heterocycles. The fraction of sp³-hybridized carbons (Fsp3) is 0.500. The SMILES string of the molecule is CN(C(=O)[C@H]1[C@@H]2C[C@@H]3[C@H]1C(=O)O[C@@H]3C2)c1ccccc1Cl. The van der Waals surface area contributed by atoms with Crippen LogP contribution in [-0.2, 0) is 14.3 Å². The second-order valence-corrected chi connectivity index (χ2v) is 6.68. The fourth-order valence-corrected chi connectivity index (χ4v) is 4.67. The molecule has 0 spiro atoms. The Balaban J connectivity index is 1.64. The van der Waals surface area contributed by atoms with E-state index in [0.29, 0.717) is 10.7 Å². The minimum Gasteiger partial charge on any atom is -0.462 e. The van der Waals surface area contributed by atoms with Crippen molar-refractivity contribution in [2.45, 2.75) is 18.9 Å². The number of fused-ring (bicyclic) bond motifs is 1. The van der Waals surface area contributed by atoms with Crippen molar-refractivity contribution in [1.29, 1.82) is 0 Å². The highest BCUT2D eigenvalue weighted by molar-refractivity contribution is 6.33. The molecule has 0 unspecified atom stereocenters. The average Bonchev–Trinajstić information content (AvgIpc) is 3.07. The summed E-state index contributed by atoms with van der Waals surface area (Å²) in [5.74, 6) is -0.174. The quantitative estimate of drug-likeness (QED) is 0.789. The number of rotatable bonds is 2. The molecule has 5 heteroatoms. The van der Waals surface area contributed by atoms with Crippen molar-refractivity contribution in [3.05, 3.63) is 29.3 Å². The van der Waals surface area contributed by atoms with Gasteiger partial charge in [0.05, 0.1) is 22.5 Å². The number of ether oxygens (including phenoxy) is 1. The molecule has 1 heterocycles. The van der Waals surface area contributed by atoms with Crippen LogP contribution in [0.1, 0.15) is 12.8 Å². The van der Waals surface area contributed by atoms with E-state index in [0.717, 1.165) is 12.8 Å². The summed E-state index contributed by atoms with van der Waals surface area (Å²) in [6, 6.07) is 7.27. The Kier molecular flexibility index (Phi) is 2.80. The Morgan fingerprint density at radius 3 is 2.86 bits per heavy atom. The maximum absolute atomic E-state index is 12.9. The Hall–Kier alpha value is -1.55. The van der Waals surface area contributed by atoms with E-state index in [1.807, 2.05) is 18.2 Å². The predicted molar refractivity (Wildman–Crippen MR) is 77.9 cm³/mol. The number of hydrogen-bond donors (Lipinski definition) is 0. The zero-order valence-electron chi connectivity index (χ0n) is 11.7. The maximum Gasteiger partial charge on any atom is 0.310 e. The molecule has 4 nitrogen and oxygen atoms in total. The first-order valence-corrected chi connectivity index (χ1v) is 7.68. The minimum absolute atomic E-state index is 0.0158. The average molecular weight is 306 g/mol. The molecule has 1 aromatic rings. The number of anilines is 1. The van der Waals surface area contributed by atoms with Gasteiger partial charge in [0.15, 0.2) is 0 Å². The standard InChI is InChI=1S/C16H16ClNO3/c1-18(11-5-3-2-4-10(11)17)15(19)13-8-6-9-12(7-8)21-16(20)14(9)13/h2-5,8-9,12-14H,6-7H2,1H3/t8-,9+,12-,13+,14-/m1/s1. The Morgan fingerprint density at radius 2 is 2.10 bits per heavy atom. The van der Waals surface area contributed by atoms with Gasteiger partial charge in [0, 0.05) is 13.0 Å². The highest BCUT2D eigenvalue weighted by atomic mass is 35.5. The molecule has 0 N–H and O–H groups in total. The van der Waals surface area contributed by atoms with Crippen LogP contribution in [0.15, 0.2) is 24.3 Å². The van der Waals surface area contributed by atoms with Crippen molar-refractivity contribution >= 4 is 29.2 Å². The van der Waals surface area contributed by atoms with Crippen LogP contribution in [0.5, 0.6) is 0 Å². The number of hydrogen-bond acceptors (Lipinski definition) is 3. The third-order valence-electron chi connectivity index (χ3n) is 5.31. The summed E-state index contributed by atoms with van der Waals surface area (Å²) in [4.78, 5) is 26.5. The molecule has 3 aliphatic rings. The van der Waals surface area contributed by atoms with E-state index < -0.39 is 0 Å². The van der Waals surface area contributed by atoms with Crippen molar-refractivity contribution in [2.75, 3.05) is 11.9 Å². The summed E-state index contributed by atoms with van der Waals surface area (Å²) in [5, 5.41) is 0.545. The number of carbonyl (C=O) groups excluding carboxylic acids is 2. The van der Waals surface area contributed by atoms with Gasteiger partial charge in [-0.15, -0.1) is 0 Å². The lowest BCUT2D eigenvalue weighted by Gasteiger charge is -2.28. The zero-order valence-corrected chi connectivity index (χ0v) is 12.4. The number of benzene rings is 1. The topological polar surface area (TPSA) is 46.6 Å². The molecule has 2 saturated carbocycles. The number of nitrogens with zero attached hydrogens (tertiary/aromatic N) is 1. The molecule has 1 aliphatic heterocycles. The first-order valence-electron chi connectivity index (χ1n) is 7.30. The molecule has 3 fully saturated rings. The predicted octanol–water partition coefficient (Wildman–Crippen LogP) is 2.50. The third-order valence-corrected chi connectivity index (χ3v) is 5.63. The first kappa shape index (κ1) is 13.1. The highest BCUT2D eigenvalue weighted by Crippen LogP contribution is 2.58. The van der Waals surface area contributed by atoms with Crippen LogP contribution < -0.4 is 4.90 Å². The molecular weight excluding hydrogens is 290 g/mol. The lowest BCUT2D eigenvalue weighted by atomic mass is 9.79. The zero-order chi connectivity index (χ0) is 14.7. The van der Waals surface area contributed by atoms with E-state index in [-0.39, 0.29) is 41.7 Å². The molecule has 5 atom stereocenters. The van der Waals surface area contributed by atoms with Crippen molar-refractivity contribution in [3.63, 3.8) is 0 Å². The van der Waals surface area contributed by atoms with Gasteiger partial charge >= 0.3 is 5.97 Å². The molecule has 110 valence electrons. The fourth-order valence-electron chi connectivity index (χ4n) is 4.41.